The Morgan fingerprint density at radius 1 is 1.37 bits per heavy atom. The quantitative estimate of drug-likeness (QED) is 0.430. The molecular formula is C21H32FN3O2. The fraction of sp³-hybridized carbons (Fsp3) is 0.667. The molecule has 1 saturated heterocycles. The lowest BCUT2D eigenvalue weighted by molar-refractivity contribution is 0.0510. The Morgan fingerprint density at radius 3 is 2.81 bits per heavy atom. The van der Waals surface area contributed by atoms with Crippen molar-refractivity contribution in [2.45, 2.75) is 31.1 Å². The minimum Gasteiger partial charge on any atom is -0.381 e. The van der Waals surface area contributed by atoms with E-state index in [1.807, 2.05) is 13.1 Å². The zero-order valence-corrected chi connectivity index (χ0v) is 16.5. The molecule has 0 spiro atoms. The summed E-state index contributed by atoms with van der Waals surface area (Å²) in [6.07, 6.45) is 4.36. The fourth-order valence-corrected chi connectivity index (χ4v) is 3.62. The molecule has 1 saturated carbocycles. The van der Waals surface area contributed by atoms with Gasteiger partial charge in [0.2, 0.25) is 0 Å². The van der Waals surface area contributed by atoms with Gasteiger partial charge in [-0.2, -0.15) is 0 Å². The summed E-state index contributed by atoms with van der Waals surface area (Å²) in [6, 6.07) is 6.97. The molecule has 2 aliphatic rings. The zero-order valence-electron chi connectivity index (χ0n) is 16.5. The molecule has 0 radical (unpaired) electrons. The van der Waals surface area contributed by atoms with Crippen LogP contribution < -0.4 is 5.32 Å². The van der Waals surface area contributed by atoms with Gasteiger partial charge in [0.25, 0.3) is 0 Å². The number of ether oxygens (including phenoxy) is 2. The van der Waals surface area contributed by atoms with Crippen molar-refractivity contribution in [1.29, 1.82) is 0 Å². The molecule has 0 aromatic heterocycles. The Morgan fingerprint density at radius 2 is 2.15 bits per heavy atom. The van der Waals surface area contributed by atoms with Crippen molar-refractivity contribution in [3.05, 3.63) is 35.6 Å². The number of halogens is 1. The first-order valence-electron chi connectivity index (χ1n) is 9.96. The molecule has 1 aromatic rings. The number of likely N-dealkylation sites (N-methyl/N-ethyl adjacent to an activating group) is 1. The van der Waals surface area contributed by atoms with E-state index in [2.05, 4.69) is 15.2 Å². The van der Waals surface area contributed by atoms with Gasteiger partial charge in [0.15, 0.2) is 5.96 Å². The van der Waals surface area contributed by atoms with E-state index in [0.29, 0.717) is 26.4 Å². The average molecular weight is 378 g/mol. The van der Waals surface area contributed by atoms with Crippen LogP contribution in [0.4, 0.5) is 4.39 Å². The Balaban J connectivity index is 1.57. The Labute approximate surface area is 161 Å². The van der Waals surface area contributed by atoms with Gasteiger partial charge in [0.1, 0.15) is 5.82 Å². The van der Waals surface area contributed by atoms with Crippen LogP contribution in [0.25, 0.3) is 0 Å². The maximum Gasteiger partial charge on any atom is 0.193 e. The molecule has 0 atom stereocenters. The van der Waals surface area contributed by atoms with Crippen LogP contribution in [0, 0.1) is 11.7 Å². The van der Waals surface area contributed by atoms with Crippen LogP contribution in [0.2, 0.25) is 0 Å². The topological polar surface area (TPSA) is 46.1 Å². The van der Waals surface area contributed by atoms with Crippen molar-refractivity contribution in [2.75, 3.05) is 53.6 Å². The van der Waals surface area contributed by atoms with Gasteiger partial charge >= 0.3 is 0 Å². The second kappa shape index (κ2) is 9.51. The molecule has 1 aliphatic carbocycles. The molecule has 0 bridgehead atoms. The highest BCUT2D eigenvalue weighted by molar-refractivity contribution is 5.79. The maximum absolute atomic E-state index is 13.8. The summed E-state index contributed by atoms with van der Waals surface area (Å²) in [5.74, 6) is 1.44. The van der Waals surface area contributed by atoms with Gasteiger partial charge in [-0.1, -0.05) is 12.1 Å². The lowest BCUT2D eigenvalue weighted by atomic mass is 9.74. The third kappa shape index (κ3) is 5.66. The first-order chi connectivity index (χ1) is 13.1. The number of benzene rings is 1. The smallest absolute Gasteiger partial charge is 0.193 e. The molecule has 3 rings (SSSR count). The van der Waals surface area contributed by atoms with Crippen molar-refractivity contribution in [3.63, 3.8) is 0 Å². The summed E-state index contributed by atoms with van der Waals surface area (Å²) in [5.41, 5.74) is 0.892. The lowest BCUT2D eigenvalue weighted by Gasteiger charge is -2.39. The lowest BCUT2D eigenvalue weighted by Crippen LogP contribution is -2.49. The zero-order chi connectivity index (χ0) is 19.1. The van der Waals surface area contributed by atoms with Gasteiger partial charge in [-0.05, 0) is 49.3 Å². The van der Waals surface area contributed by atoms with Crippen molar-refractivity contribution in [2.24, 2.45) is 10.9 Å². The Bertz CT molecular complexity index is 628. The summed E-state index contributed by atoms with van der Waals surface area (Å²) in [7, 11) is 3.82. The number of nitrogens with one attached hydrogen (secondary N) is 1. The highest BCUT2D eigenvalue weighted by Crippen LogP contribution is 2.34. The van der Waals surface area contributed by atoms with Crippen molar-refractivity contribution < 1.29 is 13.9 Å². The third-order valence-electron chi connectivity index (χ3n) is 5.67. The molecule has 1 heterocycles. The van der Waals surface area contributed by atoms with Crippen molar-refractivity contribution in [3.8, 4) is 0 Å². The van der Waals surface area contributed by atoms with E-state index in [9.17, 15) is 4.39 Å². The summed E-state index contributed by atoms with van der Waals surface area (Å²) >= 11 is 0. The molecule has 0 amide bonds. The van der Waals surface area contributed by atoms with Crippen LogP contribution in [-0.4, -0.2) is 64.5 Å². The molecule has 5 nitrogen and oxygen atoms in total. The third-order valence-corrected chi connectivity index (χ3v) is 5.67. The summed E-state index contributed by atoms with van der Waals surface area (Å²) in [5, 5.41) is 3.50. The summed E-state index contributed by atoms with van der Waals surface area (Å²) in [6.45, 7) is 4.48. The molecular weight excluding hydrogens is 345 g/mol. The monoisotopic (exact) mass is 377 g/mol. The van der Waals surface area contributed by atoms with Crippen molar-refractivity contribution in [1.82, 2.24) is 10.2 Å². The first kappa shape index (κ1) is 20.1. The molecule has 150 valence electrons. The van der Waals surface area contributed by atoms with Crippen LogP contribution in [-0.2, 0) is 14.9 Å². The molecule has 1 aromatic carbocycles. The molecule has 1 aliphatic heterocycles. The normalized spacial score (nSPS) is 19.7. The molecule has 1 N–H and O–H groups in total. The van der Waals surface area contributed by atoms with E-state index < -0.39 is 0 Å². The predicted octanol–water partition coefficient (Wildman–Crippen LogP) is 2.81. The van der Waals surface area contributed by atoms with Gasteiger partial charge in [-0.3, -0.25) is 4.99 Å². The van der Waals surface area contributed by atoms with E-state index in [-0.39, 0.29) is 11.2 Å². The number of hydrogen-bond donors (Lipinski definition) is 1. The van der Waals surface area contributed by atoms with Gasteiger partial charge < -0.3 is 19.7 Å². The number of aliphatic imine (C=N–C) groups is 1. The number of guanidine groups is 1. The fourth-order valence-electron chi connectivity index (χ4n) is 3.62. The van der Waals surface area contributed by atoms with E-state index in [1.54, 1.807) is 19.2 Å². The molecule has 0 unspecified atom stereocenters. The van der Waals surface area contributed by atoms with E-state index in [0.717, 1.165) is 43.4 Å². The number of nitrogens with zero attached hydrogens (tertiary/aromatic N) is 2. The van der Waals surface area contributed by atoms with Crippen LogP contribution >= 0.6 is 0 Å². The van der Waals surface area contributed by atoms with Crippen LogP contribution in [0.5, 0.6) is 0 Å². The highest BCUT2D eigenvalue weighted by atomic mass is 19.1. The van der Waals surface area contributed by atoms with Crippen molar-refractivity contribution >= 4 is 5.96 Å². The van der Waals surface area contributed by atoms with Crippen LogP contribution in [0.15, 0.2) is 29.3 Å². The maximum atomic E-state index is 13.8. The number of hydrogen-bond acceptors (Lipinski definition) is 3. The molecule has 2 fully saturated rings. The van der Waals surface area contributed by atoms with Crippen LogP contribution in [0.3, 0.4) is 0 Å². The Hall–Kier alpha value is -1.66. The predicted molar refractivity (Wildman–Crippen MR) is 106 cm³/mol. The van der Waals surface area contributed by atoms with Gasteiger partial charge in [0.05, 0.1) is 6.61 Å². The second-order valence-electron chi connectivity index (χ2n) is 7.74. The van der Waals surface area contributed by atoms with Gasteiger partial charge in [-0.15, -0.1) is 0 Å². The summed E-state index contributed by atoms with van der Waals surface area (Å²) < 4.78 is 25.1. The van der Waals surface area contributed by atoms with E-state index in [4.69, 9.17) is 9.47 Å². The van der Waals surface area contributed by atoms with Gasteiger partial charge in [0, 0.05) is 52.4 Å². The minimum absolute atomic E-state index is 0.139. The Kier molecular flexibility index (Phi) is 7.07. The SMILES string of the molecule is CN=C(NCC1(c2cccc(F)c2)CCOCC1)N(C)CCOCC1CC1. The van der Waals surface area contributed by atoms with Crippen LogP contribution in [0.1, 0.15) is 31.2 Å². The highest BCUT2D eigenvalue weighted by Gasteiger charge is 2.35. The largest absolute Gasteiger partial charge is 0.381 e. The second-order valence-corrected chi connectivity index (χ2v) is 7.74. The van der Waals surface area contributed by atoms with E-state index >= 15 is 0 Å². The average Bonchev–Trinajstić information content (AvgIpc) is 3.51. The molecule has 27 heavy (non-hydrogen) atoms. The summed E-state index contributed by atoms with van der Waals surface area (Å²) in [4.78, 5) is 6.50. The van der Waals surface area contributed by atoms with Gasteiger partial charge in [-0.25, -0.2) is 4.39 Å². The standard InChI is InChI=1S/C21H32FN3O2/c1-23-20(25(2)10-13-27-15-17-6-7-17)24-16-21(8-11-26-12-9-21)18-4-3-5-19(22)14-18/h3-5,14,17H,6-13,15-16H2,1-2H3,(H,23,24). The van der Waals surface area contributed by atoms with E-state index in [1.165, 1.54) is 18.9 Å². The molecule has 6 heteroatoms. The first-order valence-corrected chi connectivity index (χ1v) is 9.96. The number of rotatable bonds is 8. The minimum atomic E-state index is -0.187.